The van der Waals surface area contributed by atoms with Crippen LogP contribution in [0, 0.1) is 11.8 Å². The van der Waals surface area contributed by atoms with Crippen molar-refractivity contribution in [2.75, 3.05) is 26.2 Å². The van der Waals surface area contributed by atoms with Crippen molar-refractivity contribution in [1.29, 1.82) is 0 Å². The minimum atomic E-state index is -0.170. The largest absolute Gasteiger partial charge is 0.493 e. The van der Waals surface area contributed by atoms with Crippen molar-refractivity contribution in [2.45, 2.75) is 47.0 Å². The quantitative estimate of drug-likeness (QED) is 0.668. The molecule has 5 heteroatoms. The van der Waals surface area contributed by atoms with E-state index in [4.69, 9.17) is 4.74 Å². The maximum Gasteiger partial charge on any atom is 0.277 e. The minimum Gasteiger partial charge on any atom is -0.493 e. The lowest BCUT2D eigenvalue weighted by atomic mass is 9.97. The van der Waals surface area contributed by atoms with Crippen molar-refractivity contribution in [3.05, 3.63) is 35.5 Å². The first kappa shape index (κ1) is 20.4. The molecule has 5 nitrogen and oxygen atoms in total. The molecule has 1 saturated heterocycles. The summed E-state index contributed by atoms with van der Waals surface area (Å²) in [6.45, 7) is 11.2. The number of rotatable bonds is 7. The highest BCUT2D eigenvalue weighted by Crippen LogP contribution is 2.34. The van der Waals surface area contributed by atoms with Crippen LogP contribution in [0.4, 0.5) is 0 Å². The fourth-order valence-corrected chi connectivity index (χ4v) is 3.76. The Kier molecular flexibility index (Phi) is 6.42. The maximum atomic E-state index is 13.1. The molecule has 1 fully saturated rings. The van der Waals surface area contributed by atoms with Crippen LogP contribution in [0.1, 0.15) is 52.5 Å². The molecule has 0 aliphatic carbocycles. The molecule has 3 rings (SSSR count). The zero-order valence-electron chi connectivity index (χ0n) is 17.5. The van der Waals surface area contributed by atoms with Gasteiger partial charge in [0.05, 0.1) is 12.2 Å². The molecule has 0 spiro atoms. The maximum absolute atomic E-state index is 13.1. The highest BCUT2D eigenvalue weighted by Gasteiger charge is 2.41. The van der Waals surface area contributed by atoms with Gasteiger partial charge >= 0.3 is 0 Å². The number of carbonyl (C=O) groups excluding carboxylic acids is 2. The molecule has 0 N–H and O–H groups in total. The van der Waals surface area contributed by atoms with Gasteiger partial charge in [-0.3, -0.25) is 14.5 Å². The summed E-state index contributed by atoms with van der Waals surface area (Å²) in [7, 11) is 0. The second kappa shape index (κ2) is 8.80. The predicted molar refractivity (Wildman–Crippen MR) is 111 cm³/mol. The van der Waals surface area contributed by atoms with Gasteiger partial charge in [0.1, 0.15) is 11.4 Å². The SMILES string of the molecule is CCCN1C(=O)C(c2ccc(OCC(C)C)cc2)=C(N2CCC(C)CC2)C1=O. The number of benzene rings is 1. The van der Waals surface area contributed by atoms with Crippen molar-refractivity contribution in [2.24, 2.45) is 11.8 Å². The lowest BCUT2D eigenvalue weighted by Crippen LogP contribution is -2.38. The normalized spacial score (nSPS) is 18.6. The molecule has 0 bridgehead atoms. The monoisotopic (exact) mass is 384 g/mol. The topological polar surface area (TPSA) is 49.9 Å². The average Bonchev–Trinajstić information content (AvgIpc) is 2.92. The summed E-state index contributed by atoms with van der Waals surface area (Å²) in [5.74, 6) is 1.59. The zero-order valence-corrected chi connectivity index (χ0v) is 17.5. The molecule has 0 aromatic heterocycles. The van der Waals surface area contributed by atoms with Gasteiger partial charge in [-0.1, -0.05) is 39.8 Å². The Morgan fingerprint density at radius 2 is 1.71 bits per heavy atom. The van der Waals surface area contributed by atoms with E-state index in [-0.39, 0.29) is 11.8 Å². The molecule has 2 aliphatic heterocycles. The highest BCUT2D eigenvalue weighted by molar-refractivity contribution is 6.35. The van der Waals surface area contributed by atoms with Gasteiger partial charge in [-0.2, -0.15) is 0 Å². The van der Waals surface area contributed by atoms with Crippen LogP contribution in [0.5, 0.6) is 5.75 Å². The number of imide groups is 1. The predicted octanol–water partition coefficient (Wildman–Crippen LogP) is 3.94. The summed E-state index contributed by atoms with van der Waals surface area (Å²) in [5, 5.41) is 0. The number of hydrogen-bond donors (Lipinski definition) is 0. The van der Waals surface area contributed by atoms with Crippen LogP contribution in [0.2, 0.25) is 0 Å². The molecule has 1 aromatic rings. The van der Waals surface area contributed by atoms with E-state index in [9.17, 15) is 9.59 Å². The van der Waals surface area contributed by atoms with E-state index >= 15 is 0 Å². The molecule has 28 heavy (non-hydrogen) atoms. The second-order valence-electron chi connectivity index (χ2n) is 8.38. The summed E-state index contributed by atoms with van der Waals surface area (Å²) in [5.41, 5.74) is 1.92. The average molecular weight is 385 g/mol. The lowest BCUT2D eigenvalue weighted by Gasteiger charge is -2.32. The van der Waals surface area contributed by atoms with Gasteiger partial charge in [0, 0.05) is 19.6 Å². The van der Waals surface area contributed by atoms with Crippen LogP contribution in [-0.2, 0) is 9.59 Å². The first-order chi connectivity index (χ1) is 13.4. The Hall–Kier alpha value is -2.30. The van der Waals surface area contributed by atoms with E-state index in [0.717, 1.165) is 43.7 Å². The van der Waals surface area contributed by atoms with E-state index in [1.807, 2.05) is 31.2 Å². The molecular formula is C23H32N2O3. The van der Waals surface area contributed by atoms with E-state index < -0.39 is 0 Å². The summed E-state index contributed by atoms with van der Waals surface area (Å²) < 4.78 is 5.76. The van der Waals surface area contributed by atoms with Gasteiger partial charge in [-0.25, -0.2) is 0 Å². The molecule has 2 aliphatic rings. The molecule has 152 valence electrons. The first-order valence-electron chi connectivity index (χ1n) is 10.5. The Morgan fingerprint density at radius 3 is 2.29 bits per heavy atom. The standard InChI is InChI=1S/C23H32N2O3/c1-5-12-25-22(26)20(18-6-8-19(9-7-18)28-15-16(2)3)21(23(25)27)24-13-10-17(4)11-14-24/h6-9,16-17H,5,10-15H2,1-4H3. The number of ether oxygens (including phenoxy) is 1. The van der Waals surface area contributed by atoms with Crippen LogP contribution in [0.15, 0.2) is 30.0 Å². The van der Waals surface area contributed by atoms with E-state index in [1.54, 1.807) is 0 Å². The van der Waals surface area contributed by atoms with Crippen LogP contribution in [-0.4, -0.2) is 47.9 Å². The third-order valence-electron chi connectivity index (χ3n) is 5.42. The molecule has 0 saturated carbocycles. The molecule has 0 unspecified atom stereocenters. The number of nitrogens with zero attached hydrogens (tertiary/aromatic N) is 2. The Morgan fingerprint density at radius 1 is 1.07 bits per heavy atom. The number of piperidine rings is 1. The third-order valence-corrected chi connectivity index (χ3v) is 5.42. The van der Waals surface area contributed by atoms with Crippen molar-refractivity contribution in [1.82, 2.24) is 9.80 Å². The van der Waals surface area contributed by atoms with Crippen molar-refractivity contribution in [3.63, 3.8) is 0 Å². The van der Waals surface area contributed by atoms with Gasteiger partial charge in [0.15, 0.2) is 0 Å². The summed E-state index contributed by atoms with van der Waals surface area (Å²) in [6.07, 6.45) is 2.86. The highest BCUT2D eigenvalue weighted by atomic mass is 16.5. The number of likely N-dealkylation sites (tertiary alicyclic amines) is 1. The Bertz CT molecular complexity index is 744. The third kappa shape index (κ3) is 4.23. The van der Waals surface area contributed by atoms with E-state index in [2.05, 4.69) is 25.7 Å². The Balaban J connectivity index is 1.92. The molecule has 2 amide bonds. The van der Waals surface area contributed by atoms with Gasteiger partial charge in [0.25, 0.3) is 11.8 Å². The fraction of sp³-hybridized carbons (Fsp3) is 0.565. The first-order valence-corrected chi connectivity index (χ1v) is 10.5. The molecule has 0 atom stereocenters. The number of carbonyl (C=O) groups is 2. The molecule has 0 radical (unpaired) electrons. The van der Waals surface area contributed by atoms with Gasteiger partial charge in [0.2, 0.25) is 0 Å². The number of amides is 2. The molecule has 1 aromatic carbocycles. The summed E-state index contributed by atoms with van der Waals surface area (Å²) in [4.78, 5) is 29.7. The second-order valence-corrected chi connectivity index (χ2v) is 8.38. The molecule has 2 heterocycles. The number of hydrogen-bond acceptors (Lipinski definition) is 4. The van der Waals surface area contributed by atoms with Crippen molar-refractivity contribution in [3.8, 4) is 5.75 Å². The van der Waals surface area contributed by atoms with Crippen molar-refractivity contribution < 1.29 is 14.3 Å². The van der Waals surface area contributed by atoms with Gasteiger partial charge in [-0.05, 0) is 48.8 Å². The van der Waals surface area contributed by atoms with E-state index in [0.29, 0.717) is 36.3 Å². The minimum absolute atomic E-state index is 0.142. The van der Waals surface area contributed by atoms with Crippen LogP contribution >= 0.6 is 0 Å². The summed E-state index contributed by atoms with van der Waals surface area (Å²) >= 11 is 0. The fourth-order valence-electron chi connectivity index (χ4n) is 3.76. The lowest BCUT2D eigenvalue weighted by molar-refractivity contribution is -0.137. The van der Waals surface area contributed by atoms with Crippen LogP contribution in [0.3, 0.4) is 0 Å². The summed E-state index contributed by atoms with van der Waals surface area (Å²) in [6, 6.07) is 7.58. The Labute approximate surface area is 168 Å². The smallest absolute Gasteiger partial charge is 0.277 e. The van der Waals surface area contributed by atoms with Crippen LogP contribution < -0.4 is 4.74 Å². The van der Waals surface area contributed by atoms with Gasteiger partial charge < -0.3 is 9.64 Å². The van der Waals surface area contributed by atoms with Crippen LogP contribution in [0.25, 0.3) is 5.57 Å². The van der Waals surface area contributed by atoms with Crippen molar-refractivity contribution >= 4 is 17.4 Å². The molecular weight excluding hydrogens is 352 g/mol. The van der Waals surface area contributed by atoms with Gasteiger partial charge in [-0.15, -0.1) is 0 Å². The zero-order chi connectivity index (χ0) is 20.3. The van der Waals surface area contributed by atoms with E-state index in [1.165, 1.54) is 4.90 Å².